The van der Waals surface area contributed by atoms with Gasteiger partial charge in [-0.3, -0.25) is 0 Å². The van der Waals surface area contributed by atoms with Gasteiger partial charge in [-0.05, 0) is 59.7 Å². The Hall–Kier alpha value is -7.67. The van der Waals surface area contributed by atoms with Crippen molar-refractivity contribution in [1.82, 2.24) is 24.1 Å². The summed E-state index contributed by atoms with van der Waals surface area (Å²) in [5.74, 6) is 1.94. The summed E-state index contributed by atoms with van der Waals surface area (Å²) in [5, 5.41) is 4.70. The largest absolute Gasteiger partial charge is 0.307 e. The molecule has 0 aliphatic carbocycles. The Morgan fingerprint density at radius 1 is 0.373 bits per heavy atom. The molecule has 0 N–H and O–H groups in total. The minimum atomic E-state index is 0.646. The summed E-state index contributed by atoms with van der Waals surface area (Å²) in [7, 11) is 0. The van der Waals surface area contributed by atoms with E-state index in [1.165, 1.54) is 53.2 Å². The maximum atomic E-state index is 5.22. The lowest BCUT2D eigenvalue weighted by atomic mass is 10.0. The van der Waals surface area contributed by atoms with Crippen LogP contribution in [0, 0.1) is 0 Å². The molecule has 8 aromatic carbocycles. The van der Waals surface area contributed by atoms with E-state index in [9.17, 15) is 0 Å². The fourth-order valence-corrected chi connectivity index (χ4v) is 9.98. The zero-order chi connectivity index (χ0) is 38.9. The number of benzene rings is 8. The molecule has 0 spiro atoms. The molecule has 0 aliphatic rings. The van der Waals surface area contributed by atoms with Crippen molar-refractivity contribution in [2.75, 3.05) is 0 Å². The molecule has 276 valence electrons. The Kier molecular flexibility index (Phi) is 7.64. The average Bonchev–Trinajstić information content (AvgIpc) is 3.98. The van der Waals surface area contributed by atoms with Crippen molar-refractivity contribution in [2.24, 2.45) is 0 Å². The van der Waals surface area contributed by atoms with E-state index < -0.39 is 0 Å². The highest BCUT2D eigenvalue weighted by Crippen LogP contribution is 2.47. The van der Waals surface area contributed by atoms with Crippen molar-refractivity contribution in [3.05, 3.63) is 200 Å². The van der Waals surface area contributed by atoms with Crippen LogP contribution >= 0.6 is 11.3 Å². The SMILES string of the molecule is c1ccc(-c2ccc3c(c2)c2c(c4ccccc4n2-c2ccccc2)n3-c2ccc(-c3nc(-c4ccccc4)nc(-c4ccccc4)n3)c3c2sc2ccccc23)cc1. The van der Waals surface area contributed by atoms with Gasteiger partial charge in [0.1, 0.15) is 0 Å². The van der Waals surface area contributed by atoms with Gasteiger partial charge in [0.15, 0.2) is 17.5 Å². The molecule has 6 heteroatoms. The van der Waals surface area contributed by atoms with Crippen molar-refractivity contribution in [1.29, 1.82) is 0 Å². The Morgan fingerprint density at radius 2 is 0.915 bits per heavy atom. The van der Waals surface area contributed by atoms with E-state index in [0.29, 0.717) is 17.5 Å². The molecule has 59 heavy (non-hydrogen) atoms. The Morgan fingerprint density at radius 3 is 1.61 bits per heavy atom. The smallest absolute Gasteiger partial charge is 0.164 e. The predicted molar refractivity (Wildman–Crippen MR) is 246 cm³/mol. The molecule has 5 nitrogen and oxygen atoms in total. The molecule has 0 saturated heterocycles. The maximum Gasteiger partial charge on any atom is 0.164 e. The molecule has 12 rings (SSSR count). The third kappa shape index (κ3) is 5.34. The zero-order valence-corrected chi connectivity index (χ0v) is 32.5. The summed E-state index contributed by atoms with van der Waals surface area (Å²) < 4.78 is 7.33. The highest BCUT2D eigenvalue weighted by atomic mass is 32.1. The van der Waals surface area contributed by atoms with E-state index >= 15 is 0 Å². The second kappa shape index (κ2) is 13.5. The molecule has 0 unspecified atom stereocenters. The van der Waals surface area contributed by atoms with Crippen molar-refractivity contribution < 1.29 is 0 Å². The standard InChI is InChI=1S/C53H33N5S/c1-5-17-34(18-6-1)37-29-31-44-42(33-37)49-48(39-25-13-15-27-43(39)57(49)38-23-11-4-12-24-38)58(44)45-32-30-41(47-40-26-14-16-28-46(40)59-50(45)47)53-55-51(35-19-7-2-8-20-35)54-52(56-53)36-21-9-3-10-22-36/h1-33H. The maximum absolute atomic E-state index is 5.22. The van der Waals surface area contributed by atoms with Crippen LogP contribution in [-0.4, -0.2) is 24.1 Å². The lowest BCUT2D eigenvalue weighted by Gasteiger charge is -2.13. The van der Waals surface area contributed by atoms with Gasteiger partial charge in [0.2, 0.25) is 0 Å². The first-order chi connectivity index (χ1) is 29.3. The molecule has 0 bridgehead atoms. The number of para-hydroxylation sites is 2. The number of fused-ring (bicyclic) bond motifs is 8. The summed E-state index contributed by atoms with van der Waals surface area (Å²) in [6, 6.07) is 70.8. The minimum absolute atomic E-state index is 0.646. The summed E-state index contributed by atoms with van der Waals surface area (Å²) in [4.78, 5) is 15.4. The number of hydrogen-bond acceptors (Lipinski definition) is 4. The van der Waals surface area contributed by atoms with E-state index in [2.05, 4.69) is 173 Å². The van der Waals surface area contributed by atoms with Gasteiger partial charge >= 0.3 is 0 Å². The monoisotopic (exact) mass is 771 g/mol. The first-order valence-corrected chi connectivity index (χ1v) is 20.6. The van der Waals surface area contributed by atoms with E-state index in [0.717, 1.165) is 39.0 Å². The highest BCUT2D eigenvalue weighted by molar-refractivity contribution is 7.26. The molecule has 0 amide bonds. The molecule has 0 radical (unpaired) electrons. The molecule has 0 fully saturated rings. The third-order valence-electron chi connectivity index (χ3n) is 11.4. The topological polar surface area (TPSA) is 48.5 Å². The first kappa shape index (κ1) is 33.5. The minimum Gasteiger partial charge on any atom is -0.307 e. The molecule has 0 saturated carbocycles. The molecule has 12 aromatic rings. The van der Waals surface area contributed by atoms with Gasteiger partial charge in [-0.1, -0.05) is 152 Å². The van der Waals surface area contributed by atoms with Gasteiger partial charge < -0.3 is 9.13 Å². The number of hydrogen-bond donors (Lipinski definition) is 0. The summed E-state index contributed by atoms with van der Waals surface area (Å²) in [5.41, 5.74) is 12.2. The molecule has 4 heterocycles. The summed E-state index contributed by atoms with van der Waals surface area (Å²) >= 11 is 1.82. The lowest BCUT2D eigenvalue weighted by molar-refractivity contribution is 1.08. The van der Waals surface area contributed by atoms with E-state index in [1.54, 1.807) is 0 Å². The second-order valence-corrected chi connectivity index (χ2v) is 15.8. The van der Waals surface area contributed by atoms with Crippen LogP contribution in [0.4, 0.5) is 0 Å². The highest BCUT2D eigenvalue weighted by Gasteiger charge is 2.26. The van der Waals surface area contributed by atoms with Crippen LogP contribution < -0.4 is 0 Å². The van der Waals surface area contributed by atoms with Crippen molar-refractivity contribution in [2.45, 2.75) is 0 Å². The second-order valence-electron chi connectivity index (χ2n) is 14.8. The Bertz CT molecular complexity index is 3480. The molecule has 0 aliphatic heterocycles. The van der Waals surface area contributed by atoms with Crippen molar-refractivity contribution >= 4 is 64.3 Å². The quantitative estimate of drug-likeness (QED) is 0.169. The Balaban J connectivity index is 1.19. The van der Waals surface area contributed by atoms with Gasteiger partial charge in [0.25, 0.3) is 0 Å². The number of rotatable bonds is 6. The van der Waals surface area contributed by atoms with Crippen LogP contribution in [0.1, 0.15) is 0 Å². The van der Waals surface area contributed by atoms with Crippen LogP contribution in [0.2, 0.25) is 0 Å². The molecular weight excluding hydrogens is 739 g/mol. The van der Waals surface area contributed by atoms with E-state index in [-0.39, 0.29) is 0 Å². The van der Waals surface area contributed by atoms with Crippen LogP contribution in [0.5, 0.6) is 0 Å². The van der Waals surface area contributed by atoms with Crippen LogP contribution in [0.3, 0.4) is 0 Å². The van der Waals surface area contributed by atoms with Gasteiger partial charge in [-0.15, -0.1) is 11.3 Å². The number of aromatic nitrogens is 5. The molecule has 0 atom stereocenters. The summed E-state index contributed by atoms with van der Waals surface area (Å²) in [6.07, 6.45) is 0. The third-order valence-corrected chi connectivity index (χ3v) is 12.6. The van der Waals surface area contributed by atoms with Crippen LogP contribution in [0.25, 0.3) is 110 Å². The number of nitrogens with zero attached hydrogens (tertiary/aromatic N) is 5. The normalized spacial score (nSPS) is 11.7. The summed E-state index contributed by atoms with van der Waals surface area (Å²) in [6.45, 7) is 0. The van der Waals surface area contributed by atoms with Gasteiger partial charge in [-0.25, -0.2) is 15.0 Å². The Labute approximate surface area is 343 Å². The van der Waals surface area contributed by atoms with Gasteiger partial charge in [0, 0.05) is 48.6 Å². The average molecular weight is 772 g/mol. The van der Waals surface area contributed by atoms with Crippen molar-refractivity contribution in [3.63, 3.8) is 0 Å². The van der Waals surface area contributed by atoms with Gasteiger partial charge in [-0.2, -0.15) is 0 Å². The number of thiophene rings is 1. The first-order valence-electron chi connectivity index (χ1n) is 19.8. The van der Waals surface area contributed by atoms with E-state index in [1.807, 2.05) is 47.7 Å². The lowest BCUT2D eigenvalue weighted by Crippen LogP contribution is -2.01. The van der Waals surface area contributed by atoms with Crippen molar-refractivity contribution in [3.8, 4) is 56.7 Å². The fraction of sp³-hybridized carbons (Fsp3) is 0. The zero-order valence-electron chi connectivity index (χ0n) is 31.7. The molecular formula is C53H33N5S. The van der Waals surface area contributed by atoms with Gasteiger partial charge in [0.05, 0.1) is 32.5 Å². The fourth-order valence-electron chi connectivity index (χ4n) is 8.75. The predicted octanol–water partition coefficient (Wildman–Crippen LogP) is 13.9. The van der Waals surface area contributed by atoms with E-state index in [4.69, 9.17) is 15.0 Å². The van der Waals surface area contributed by atoms with Crippen LogP contribution in [-0.2, 0) is 0 Å². The molecule has 4 aromatic heterocycles. The van der Waals surface area contributed by atoms with Crippen LogP contribution in [0.15, 0.2) is 200 Å².